The van der Waals surface area contributed by atoms with Crippen LogP contribution in [0.1, 0.15) is 0 Å². The molecule has 53 heavy (non-hydrogen) atoms. The van der Waals surface area contributed by atoms with Gasteiger partial charge in [-0.05, 0) is 106 Å². The van der Waals surface area contributed by atoms with Crippen molar-refractivity contribution in [3.63, 3.8) is 0 Å². The van der Waals surface area contributed by atoms with Crippen molar-refractivity contribution in [3.05, 3.63) is 194 Å². The maximum atomic E-state index is 6.40. The summed E-state index contributed by atoms with van der Waals surface area (Å²) in [6.45, 7) is 0. The van der Waals surface area contributed by atoms with Crippen LogP contribution in [0, 0.1) is 0 Å². The lowest BCUT2D eigenvalue weighted by atomic mass is 9.85. The van der Waals surface area contributed by atoms with E-state index in [-0.39, 0.29) is 0 Å². The minimum atomic E-state index is 0.919. The Kier molecular flexibility index (Phi) is 6.62. The predicted octanol–water partition coefficient (Wildman–Crippen LogP) is 14.9. The number of benzene rings is 10. The molecule has 1 nitrogen and oxygen atoms in total. The van der Waals surface area contributed by atoms with Crippen LogP contribution in [-0.4, -0.2) is 0 Å². The average molecular weight is 673 g/mol. The van der Waals surface area contributed by atoms with Gasteiger partial charge >= 0.3 is 0 Å². The summed E-state index contributed by atoms with van der Waals surface area (Å²) >= 11 is 0. The van der Waals surface area contributed by atoms with E-state index in [9.17, 15) is 0 Å². The molecule has 0 radical (unpaired) electrons. The molecule has 0 aliphatic carbocycles. The Labute approximate surface area is 307 Å². The quantitative estimate of drug-likeness (QED) is 0.170. The van der Waals surface area contributed by atoms with Crippen LogP contribution in [0.3, 0.4) is 0 Å². The van der Waals surface area contributed by atoms with E-state index < -0.39 is 0 Å². The third-order valence-corrected chi connectivity index (χ3v) is 11.0. The van der Waals surface area contributed by atoms with E-state index in [0.717, 1.165) is 27.3 Å². The first kappa shape index (κ1) is 29.7. The monoisotopic (exact) mass is 672 g/mol. The first-order valence-electron chi connectivity index (χ1n) is 18.3. The van der Waals surface area contributed by atoms with E-state index in [1.807, 2.05) is 6.07 Å². The van der Waals surface area contributed by atoms with Gasteiger partial charge in [0.15, 0.2) is 0 Å². The SMILES string of the molecule is c1cc(-c2ccc3ccccc3c2)cc(-c2c3ccccc3c(-c3ccc(-c4cc5c6ccccc6oc5c5ccccc45)cc3)c3ccccc23)c1. The van der Waals surface area contributed by atoms with E-state index in [4.69, 9.17) is 4.42 Å². The highest BCUT2D eigenvalue weighted by molar-refractivity contribution is 6.22. The van der Waals surface area contributed by atoms with Gasteiger partial charge in [-0.3, -0.25) is 0 Å². The maximum Gasteiger partial charge on any atom is 0.143 e. The van der Waals surface area contributed by atoms with Gasteiger partial charge in [-0.1, -0.05) is 170 Å². The van der Waals surface area contributed by atoms with Crippen LogP contribution in [0.5, 0.6) is 0 Å². The third kappa shape index (κ3) is 4.71. The molecule has 11 aromatic rings. The zero-order chi connectivity index (χ0) is 34.9. The lowest BCUT2D eigenvalue weighted by Crippen LogP contribution is -1.91. The number of furan rings is 1. The summed E-state index contributed by atoms with van der Waals surface area (Å²) in [5, 5.41) is 12.1. The molecule has 0 saturated carbocycles. The molecule has 11 rings (SSSR count). The maximum absolute atomic E-state index is 6.40. The summed E-state index contributed by atoms with van der Waals surface area (Å²) in [6, 6.07) is 70.6. The molecular weight excluding hydrogens is 641 g/mol. The van der Waals surface area contributed by atoms with Gasteiger partial charge in [0.25, 0.3) is 0 Å². The highest BCUT2D eigenvalue weighted by Gasteiger charge is 2.18. The predicted molar refractivity (Wildman–Crippen MR) is 225 cm³/mol. The van der Waals surface area contributed by atoms with Gasteiger partial charge in [0, 0.05) is 16.2 Å². The number of para-hydroxylation sites is 1. The fourth-order valence-corrected chi connectivity index (χ4v) is 8.58. The van der Waals surface area contributed by atoms with Crippen LogP contribution >= 0.6 is 0 Å². The second-order valence-electron chi connectivity index (χ2n) is 14.0. The molecule has 0 saturated heterocycles. The van der Waals surface area contributed by atoms with Gasteiger partial charge in [-0.15, -0.1) is 0 Å². The van der Waals surface area contributed by atoms with Crippen molar-refractivity contribution in [2.24, 2.45) is 0 Å². The molecule has 0 unspecified atom stereocenters. The fourth-order valence-electron chi connectivity index (χ4n) is 8.58. The molecule has 0 aliphatic heterocycles. The molecule has 0 aliphatic rings. The van der Waals surface area contributed by atoms with Crippen molar-refractivity contribution in [3.8, 4) is 44.5 Å². The summed E-state index contributed by atoms with van der Waals surface area (Å²) in [4.78, 5) is 0. The summed E-state index contributed by atoms with van der Waals surface area (Å²) in [5.41, 5.74) is 11.7. The van der Waals surface area contributed by atoms with E-state index in [0.29, 0.717) is 0 Å². The first-order chi connectivity index (χ1) is 26.3. The van der Waals surface area contributed by atoms with E-state index in [2.05, 4.69) is 188 Å². The second-order valence-corrected chi connectivity index (χ2v) is 14.0. The topological polar surface area (TPSA) is 13.1 Å². The number of hydrogen-bond acceptors (Lipinski definition) is 1. The van der Waals surface area contributed by atoms with E-state index >= 15 is 0 Å². The van der Waals surface area contributed by atoms with E-state index in [1.54, 1.807) is 0 Å². The molecular formula is C52H32O. The molecule has 1 heterocycles. The average Bonchev–Trinajstić information content (AvgIpc) is 3.61. The van der Waals surface area contributed by atoms with Crippen LogP contribution in [0.15, 0.2) is 199 Å². The third-order valence-electron chi connectivity index (χ3n) is 11.0. The Morgan fingerprint density at radius 2 is 0.774 bits per heavy atom. The Morgan fingerprint density at radius 3 is 1.49 bits per heavy atom. The lowest BCUT2D eigenvalue weighted by molar-refractivity contribution is 0.672. The molecule has 10 aromatic carbocycles. The number of fused-ring (bicyclic) bond motifs is 8. The standard InChI is InChI=1S/C52H32O/c1-2-13-36-30-38(29-24-33(36)12-1)37-14-11-15-39(31-37)51-44-20-6-4-18-42(44)50(43-19-5-7-21-45(43)51)35-27-25-34(26-28-35)47-32-48-41-17-9-10-23-49(41)53-52(48)46-22-8-3-16-40(46)47/h1-32H. The second kappa shape index (κ2) is 11.8. The Hall–Kier alpha value is -6.96. The van der Waals surface area contributed by atoms with Gasteiger partial charge in [0.05, 0.1) is 0 Å². The minimum absolute atomic E-state index is 0.919. The summed E-state index contributed by atoms with van der Waals surface area (Å²) in [7, 11) is 0. The van der Waals surface area contributed by atoms with Crippen LogP contribution in [0.2, 0.25) is 0 Å². The normalized spacial score (nSPS) is 11.8. The smallest absolute Gasteiger partial charge is 0.143 e. The molecule has 246 valence electrons. The number of hydrogen-bond donors (Lipinski definition) is 0. The van der Waals surface area contributed by atoms with Crippen LogP contribution < -0.4 is 0 Å². The van der Waals surface area contributed by atoms with Crippen LogP contribution in [0.25, 0.3) is 110 Å². The molecule has 0 bridgehead atoms. The van der Waals surface area contributed by atoms with Crippen molar-refractivity contribution in [1.82, 2.24) is 0 Å². The Morgan fingerprint density at radius 1 is 0.264 bits per heavy atom. The molecule has 1 aromatic heterocycles. The first-order valence-corrected chi connectivity index (χ1v) is 18.3. The lowest BCUT2D eigenvalue weighted by Gasteiger charge is -2.18. The molecule has 0 amide bonds. The Bertz CT molecular complexity index is 3160. The zero-order valence-corrected chi connectivity index (χ0v) is 28.9. The van der Waals surface area contributed by atoms with Gasteiger partial charge < -0.3 is 4.42 Å². The summed E-state index contributed by atoms with van der Waals surface area (Å²) in [6.07, 6.45) is 0. The van der Waals surface area contributed by atoms with E-state index in [1.165, 1.54) is 82.2 Å². The molecule has 0 N–H and O–H groups in total. The molecule has 0 fully saturated rings. The molecule has 0 atom stereocenters. The molecule has 0 spiro atoms. The molecule has 1 heteroatoms. The van der Waals surface area contributed by atoms with Crippen molar-refractivity contribution in [1.29, 1.82) is 0 Å². The minimum Gasteiger partial charge on any atom is -0.455 e. The van der Waals surface area contributed by atoms with Gasteiger partial charge in [-0.25, -0.2) is 0 Å². The zero-order valence-electron chi connectivity index (χ0n) is 28.9. The van der Waals surface area contributed by atoms with Gasteiger partial charge in [-0.2, -0.15) is 0 Å². The van der Waals surface area contributed by atoms with Crippen LogP contribution in [-0.2, 0) is 0 Å². The van der Waals surface area contributed by atoms with Crippen molar-refractivity contribution in [2.75, 3.05) is 0 Å². The highest BCUT2D eigenvalue weighted by Crippen LogP contribution is 2.45. The van der Waals surface area contributed by atoms with Crippen LogP contribution in [0.4, 0.5) is 0 Å². The van der Waals surface area contributed by atoms with Crippen molar-refractivity contribution >= 4 is 65.0 Å². The summed E-state index contributed by atoms with van der Waals surface area (Å²) in [5.74, 6) is 0. The van der Waals surface area contributed by atoms with Crippen molar-refractivity contribution in [2.45, 2.75) is 0 Å². The highest BCUT2D eigenvalue weighted by atomic mass is 16.3. The largest absolute Gasteiger partial charge is 0.455 e. The fraction of sp³-hybridized carbons (Fsp3) is 0. The van der Waals surface area contributed by atoms with Gasteiger partial charge in [0.2, 0.25) is 0 Å². The van der Waals surface area contributed by atoms with Crippen molar-refractivity contribution < 1.29 is 4.42 Å². The Balaban J connectivity index is 1.08. The number of rotatable bonds is 4. The van der Waals surface area contributed by atoms with Gasteiger partial charge in [0.1, 0.15) is 11.2 Å². The summed E-state index contributed by atoms with van der Waals surface area (Å²) < 4.78 is 6.40.